The van der Waals surface area contributed by atoms with Crippen LogP contribution in [0.15, 0.2) is 42.5 Å². The van der Waals surface area contributed by atoms with Crippen LogP contribution in [0.2, 0.25) is 0 Å². The lowest BCUT2D eigenvalue weighted by molar-refractivity contribution is -0.122. The van der Waals surface area contributed by atoms with Crippen molar-refractivity contribution in [3.63, 3.8) is 0 Å². The number of carbonyl (C=O) groups excluding carboxylic acids is 1. The Morgan fingerprint density at radius 3 is 2.81 bits per heavy atom. The molecule has 1 atom stereocenters. The zero-order valence-electron chi connectivity index (χ0n) is 12.0. The SMILES string of the molecule is Cc1cccc(NC(=O)C(C)Oc2cccc(CO)c2)n1. The molecule has 0 aliphatic heterocycles. The zero-order chi connectivity index (χ0) is 15.2. The van der Waals surface area contributed by atoms with Gasteiger partial charge in [0, 0.05) is 5.69 Å². The Morgan fingerprint density at radius 1 is 1.33 bits per heavy atom. The fourth-order valence-electron chi connectivity index (χ4n) is 1.82. The number of aromatic nitrogens is 1. The van der Waals surface area contributed by atoms with Crippen molar-refractivity contribution in [1.82, 2.24) is 4.98 Å². The van der Waals surface area contributed by atoms with Crippen LogP contribution in [0.4, 0.5) is 5.82 Å². The summed E-state index contributed by atoms with van der Waals surface area (Å²) in [4.78, 5) is 16.3. The third kappa shape index (κ3) is 4.29. The normalized spacial score (nSPS) is 11.8. The highest BCUT2D eigenvalue weighted by Gasteiger charge is 2.15. The summed E-state index contributed by atoms with van der Waals surface area (Å²) in [5.41, 5.74) is 1.57. The van der Waals surface area contributed by atoms with Gasteiger partial charge in [-0.1, -0.05) is 18.2 Å². The van der Waals surface area contributed by atoms with E-state index < -0.39 is 6.10 Å². The van der Waals surface area contributed by atoms with E-state index in [4.69, 9.17) is 9.84 Å². The predicted molar refractivity (Wildman–Crippen MR) is 80.1 cm³/mol. The van der Waals surface area contributed by atoms with E-state index in [1.807, 2.05) is 19.1 Å². The Kier molecular flexibility index (Phi) is 4.90. The van der Waals surface area contributed by atoms with Gasteiger partial charge in [0.25, 0.3) is 5.91 Å². The number of rotatable bonds is 5. The molecule has 1 aromatic carbocycles. The number of pyridine rings is 1. The number of aliphatic hydroxyl groups excluding tert-OH is 1. The quantitative estimate of drug-likeness (QED) is 0.884. The number of carbonyl (C=O) groups is 1. The molecule has 0 radical (unpaired) electrons. The first kappa shape index (κ1) is 15.0. The number of nitrogens with one attached hydrogen (secondary N) is 1. The van der Waals surface area contributed by atoms with Crippen LogP contribution >= 0.6 is 0 Å². The molecule has 5 heteroatoms. The monoisotopic (exact) mass is 286 g/mol. The smallest absolute Gasteiger partial charge is 0.266 e. The van der Waals surface area contributed by atoms with Crippen molar-refractivity contribution < 1.29 is 14.6 Å². The van der Waals surface area contributed by atoms with E-state index in [1.54, 1.807) is 37.3 Å². The number of amides is 1. The van der Waals surface area contributed by atoms with Crippen LogP contribution in [0.1, 0.15) is 18.2 Å². The van der Waals surface area contributed by atoms with Gasteiger partial charge in [-0.05, 0) is 43.7 Å². The lowest BCUT2D eigenvalue weighted by Crippen LogP contribution is -2.30. The molecule has 0 saturated carbocycles. The van der Waals surface area contributed by atoms with E-state index in [1.165, 1.54) is 0 Å². The van der Waals surface area contributed by atoms with Crippen LogP contribution in [0.3, 0.4) is 0 Å². The van der Waals surface area contributed by atoms with Gasteiger partial charge in [0.1, 0.15) is 11.6 Å². The van der Waals surface area contributed by atoms with Crippen LogP contribution in [0.25, 0.3) is 0 Å². The molecule has 0 aliphatic carbocycles. The minimum atomic E-state index is -0.666. The maximum Gasteiger partial charge on any atom is 0.266 e. The zero-order valence-corrected chi connectivity index (χ0v) is 12.0. The largest absolute Gasteiger partial charge is 0.481 e. The van der Waals surface area contributed by atoms with E-state index >= 15 is 0 Å². The first-order chi connectivity index (χ1) is 10.1. The van der Waals surface area contributed by atoms with E-state index in [0.29, 0.717) is 11.6 Å². The molecule has 0 fully saturated rings. The number of hydrogen-bond donors (Lipinski definition) is 2. The molecule has 0 saturated heterocycles. The van der Waals surface area contributed by atoms with Crippen LogP contribution in [0.5, 0.6) is 5.75 Å². The van der Waals surface area contributed by atoms with Gasteiger partial charge in [0.05, 0.1) is 6.61 Å². The Labute approximate surface area is 123 Å². The number of hydrogen-bond acceptors (Lipinski definition) is 4. The standard InChI is InChI=1S/C16H18N2O3/c1-11-5-3-8-15(17-11)18-16(20)12(2)21-14-7-4-6-13(9-14)10-19/h3-9,12,19H,10H2,1-2H3,(H,17,18,20). The lowest BCUT2D eigenvalue weighted by atomic mass is 10.2. The van der Waals surface area contributed by atoms with Gasteiger partial charge in [-0.25, -0.2) is 4.98 Å². The molecule has 21 heavy (non-hydrogen) atoms. The number of ether oxygens (including phenoxy) is 1. The molecule has 110 valence electrons. The van der Waals surface area contributed by atoms with E-state index in [9.17, 15) is 4.79 Å². The van der Waals surface area contributed by atoms with Crippen LogP contribution in [-0.2, 0) is 11.4 Å². The van der Waals surface area contributed by atoms with Crippen molar-refractivity contribution in [2.75, 3.05) is 5.32 Å². The Morgan fingerprint density at radius 2 is 2.10 bits per heavy atom. The maximum absolute atomic E-state index is 12.1. The van der Waals surface area contributed by atoms with Crippen LogP contribution in [0, 0.1) is 6.92 Å². The molecule has 1 unspecified atom stereocenters. The molecule has 0 aliphatic rings. The highest BCUT2D eigenvalue weighted by Crippen LogP contribution is 2.15. The molecular formula is C16H18N2O3. The minimum Gasteiger partial charge on any atom is -0.481 e. The van der Waals surface area contributed by atoms with Crippen molar-refractivity contribution in [2.24, 2.45) is 0 Å². The third-order valence-electron chi connectivity index (χ3n) is 2.90. The summed E-state index contributed by atoms with van der Waals surface area (Å²) >= 11 is 0. The number of anilines is 1. The van der Waals surface area contributed by atoms with Crippen LogP contribution < -0.4 is 10.1 Å². The average Bonchev–Trinajstić information content (AvgIpc) is 2.47. The minimum absolute atomic E-state index is 0.0645. The molecular weight excluding hydrogens is 268 g/mol. The fraction of sp³-hybridized carbons (Fsp3) is 0.250. The Bertz CT molecular complexity index is 628. The number of aryl methyl sites for hydroxylation is 1. The van der Waals surface area contributed by atoms with E-state index in [0.717, 1.165) is 11.3 Å². The topological polar surface area (TPSA) is 71.5 Å². The second kappa shape index (κ2) is 6.85. The summed E-state index contributed by atoms with van der Waals surface area (Å²) in [6.45, 7) is 3.46. The summed E-state index contributed by atoms with van der Waals surface area (Å²) in [6, 6.07) is 12.4. The van der Waals surface area contributed by atoms with E-state index in [-0.39, 0.29) is 12.5 Å². The summed E-state index contributed by atoms with van der Waals surface area (Å²) in [5, 5.41) is 11.8. The molecule has 0 spiro atoms. The number of benzene rings is 1. The molecule has 0 bridgehead atoms. The van der Waals surface area contributed by atoms with Crippen molar-refractivity contribution in [1.29, 1.82) is 0 Å². The Hall–Kier alpha value is -2.40. The first-order valence-electron chi connectivity index (χ1n) is 6.69. The number of nitrogens with zero attached hydrogens (tertiary/aromatic N) is 1. The molecule has 1 heterocycles. The molecule has 1 aromatic heterocycles. The van der Waals surface area contributed by atoms with Crippen molar-refractivity contribution in [3.05, 3.63) is 53.7 Å². The average molecular weight is 286 g/mol. The molecule has 2 rings (SSSR count). The van der Waals surface area contributed by atoms with Crippen molar-refractivity contribution in [3.8, 4) is 5.75 Å². The lowest BCUT2D eigenvalue weighted by Gasteiger charge is -2.15. The second-order valence-electron chi connectivity index (χ2n) is 4.72. The molecule has 1 amide bonds. The molecule has 5 nitrogen and oxygen atoms in total. The van der Waals surface area contributed by atoms with Gasteiger partial charge >= 0.3 is 0 Å². The van der Waals surface area contributed by atoms with Crippen molar-refractivity contribution >= 4 is 11.7 Å². The summed E-state index contributed by atoms with van der Waals surface area (Å²) in [5.74, 6) is 0.767. The highest BCUT2D eigenvalue weighted by molar-refractivity contribution is 5.93. The maximum atomic E-state index is 12.1. The highest BCUT2D eigenvalue weighted by atomic mass is 16.5. The summed E-state index contributed by atoms with van der Waals surface area (Å²) in [6.07, 6.45) is -0.666. The van der Waals surface area contributed by atoms with Crippen molar-refractivity contribution in [2.45, 2.75) is 26.6 Å². The Balaban J connectivity index is 1.99. The molecule has 2 N–H and O–H groups in total. The van der Waals surface area contributed by atoms with E-state index in [2.05, 4.69) is 10.3 Å². The van der Waals surface area contributed by atoms with Gasteiger partial charge in [-0.2, -0.15) is 0 Å². The second-order valence-corrected chi connectivity index (χ2v) is 4.72. The molecule has 2 aromatic rings. The van der Waals surface area contributed by atoms with Crippen LogP contribution in [-0.4, -0.2) is 22.1 Å². The predicted octanol–water partition coefficient (Wildman–Crippen LogP) is 2.29. The summed E-state index contributed by atoms with van der Waals surface area (Å²) < 4.78 is 5.57. The van der Waals surface area contributed by atoms with Gasteiger partial charge in [-0.3, -0.25) is 4.79 Å². The summed E-state index contributed by atoms with van der Waals surface area (Å²) in [7, 11) is 0. The third-order valence-corrected chi connectivity index (χ3v) is 2.90. The number of aliphatic hydroxyl groups is 1. The van der Waals surface area contributed by atoms with Gasteiger partial charge in [0.15, 0.2) is 6.10 Å². The van der Waals surface area contributed by atoms with Gasteiger partial charge < -0.3 is 15.2 Å². The fourth-order valence-corrected chi connectivity index (χ4v) is 1.82. The first-order valence-corrected chi connectivity index (χ1v) is 6.69. The van der Waals surface area contributed by atoms with Gasteiger partial charge in [0.2, 0.25) is 0 Å². The van der Waals surface area contributed by atoms with Gasteiger partial charge in [-0.15, -0.1) is 0 Å².